The van der Waals surface area contributed by atoms with Crippen molar-refractivity contribution in [1.29, 1.82) is 0 Å². The van der Waals surface area contributed by atoms with Gasteiger partial charge < -0.3 is 9.88 Å². The summed E-state index contributed by atoms with van der Waals surface area (Å²) in [5.41, 5.74) is 4.37. The number of hydrogen-bond acceptors (Lipinski definition) is 2. The summed E-state index contributed by atoms with van der Waals surface area (Å²) in [5, 5.41) is 6.13. The monoisotopic (exact) mass is 408 g/mol. The molecule has 5 heteroatoms. The Morgan fingerprint density at radius 3 is 2.64 bits per heavy atom. The summed E-state index contributed by atoms with van der Waals surface area (Å²) in [4.78, 5) is 12.4. The van der Waals surface area contributed by atoms with Gasteiger partial charge in [0, 0.05) is 44.8 Å². The molecule has 0 aliphatic rings. The summed E-state index contributed by atoms with van der Waals surface area (Å²) in [6.07, 6.45) is 0. The van der Waals surface area contributed by atoms with Crippen LogP contribution >= 0.6 is 23.4 Å². The number of hydrogen-bond donors (Lipinski definition) is 1. The van der Waals surface area contributed by atoms with Crippen LogP contribution in [0.4, 0.5) is 5.69 Å². The van der Waals surface area contributed by atoms with Crippen LogP contribution in [0.25, 0.3) is 21.8 Å². The summed E-state index contributed by atoms with van der Waals surface area (Å²) < 4.78 is 2.30. The summed E-state index contributed by atoms with van der Waals surface area (Å²) >= 11 is 7.59. The van der Waals surface area contributed by atoms with Crippen molar-refractivity contribution in [3.63, 3.8) is 0 Å². The first-order valence-electron chi connectivity index (χ1n) is 9.28. The van der Waals surface area contributed by atoms with E-state index >= 15 is 0 Å². The van der Waals surface area contributed by atoms with Gasteiger partial charge in [0.25, 0.3) is 0 Å². The van der Waals surface area contributed by atoms with E-state index in [1.165, 1.54) is 21.8 Å². The maximum atomic E-state index is 12.4. The van der Waals surface area contributed by atoms with Crippen LogP contribution in [0.5, 0.6) is 0 Å². The first kappa shape index (κ1) is 18.9. The zero-order valence-corrected chi connectivity index (χ0v) is 17.2. The molecule has 0 bridgehead atoms. The van der Waals surface area contributed by atoms with Gasteiger partial charge in [-0.05, 0) is 48.9 Å². The predicted octanol–water partition coefficient (Wildman–Crippen LogP) is 6.34. The van der Waals surface area contributed by atoms with Crippen LogP contribution < -0.4 is 5.32 Å². The van der Waals surface area contributed by atoms with E-state index in [1.54, 1.807) is 11.8 Å². The maximum absolute atomic E-state index is 12.4. The van der Waals surface area contributed by atoms with Gasteiger partial charge in [-0.15, -0.1) is 11.8 Å². The smallest absolute Gasteiger partial charge is 0.234 e. The Bertz CT molecular complexity index is 1150. The molecule has 0 spiro atoms. The summed E-state index contributed by atoms with van der Waals surface area (Å²) in [6.45, 7) is 3.06. The van der Waals surface area contributed by atoms with Gasteiger partial charge in [-0.1, -0.05) is 41.9 Å². The Morgan fingerprint density at radius 1 is 1.00 bits per heavy atom. The van der Waals surface area contributed by atoms with E-state index in [-0.39, 0.29) is 5.91 Å². The van der Waals surface area contributed by atoms with Crippen molar-refractivity contribution in [1.82, 2.24) is 4.57 Å². The lowest BCUT2D eigenvalue weighted by Crippen LogP contribution is -2.14. The van der Waals surface area contributed by atoms with Crippen molar-refractivity contribution >= 4 is 56.8 Å². The van der Waals surface area contributed by atoms with Crippen molar-refractivity contribution in [3.05, 3.63) is 77.3 Å². The second-order valence-corrected chi connectivity index (χ2v) is 8.09. The third kappa shape index (κ3) is 3.89. The minimum absolute atomic E-state index is 0.00519. The van der Waals surface area contributed by atoms with Crippen molar-refractivity contribution in [2.24, 2.45) is 0 Å². The van der Waals surface area contributed by atoms with E-state index in [0.29, 0.717) is 5.75 Å². The highest BCUT2D eigenvalue weighted by Crippen LogP contribution is 2.31. The number of amides is 1. The van der Waals surface area contributed by atoms with Crippen molar-refractivity contribution < 1.29 is 4.79 Å². The number of anilines is 1. The molecule has 1 heterocycles. The molecule has 0 fully saturated rings. The SMILES string of the molecule is CCn1c2ccccc2c2cc(NC(=O)CSCc3cccc(Cl)c3)ccc21. The molecule has 142 valence electrons. The topological polar surface area (TPSA) is 34.0 Å². The molecule has 0 aliphatic carbocycles. The molecule has 0 radical (unpaired) electrons. The number of carbonyl (C=O) groups is 1. The highest BCUT2D eigenvalue weighted by molar-refractivity contribution is 7.99. The minimum atomic E-state index is 0.00519. The number of benzene rings is 3. The molecule has 1 amide bonds. The number of carbonyl (C=O) groups excluding carboxylic acids is 1. The van der Waals surface area contributed by atoms with Crippen LogP contribution in [-0.2, 0) is 17.1 Å². The zero-order chi connectivity index (χ0) is 19.5. The number of aromatic nitrogens is 1. The van der Waals surface area contributed by atoms with Crippen LogP contribution in [0.2, 0.25) is 5.02 Å². The van der Waals surface area contributed by atoms with E-state index in [2.05, 4.69) is 53.2 Å². The van der Waals surface area contributed by atoms with E-state index < -0.39 is 0 Å². The van der Waals surface area contributed by atoms with Crippen LogP contribution in [-0.4, -0.2) is 16.2 Å². The largest absolute Gasteiger partial charge is 0.341 e. The first-order chi connectivity index (χ1) is 13.7. The molecular formula is C23H21ClN2OS. The quantitative estimate of drug-likeness (QED) is 0.404. The molecule has 28 heavy (non-hydrogen) atoms. The fourth-order valence-electron chi connectivity index (χ4n) is 3.56. The van der Waals surface area contributed by atoms with Crippen molar-refractivity contribution in [2.45, 2.75) is 19.2 Å². The lowest BCUT2D eigenvalue weighted by atomic mass is 10.1. The Labute approximate surface area is 173 Å². The van der Waals surface area contributed by atoms with Crippen LogP contribution in [0.15, 0.2) is 66.7 Å². The second-order valence-electron chi connectivity index (χ2n) is 6.66. The number of thioether (sulfide) groups is 1. The van der Waals surface area contributed by atoms with E-state index in [0.717, 1.165) is 28.6 Å². The molecule has 0 aliphatic heterocycles. The summed E-state index contributed by atoms with van der Waals surface area (Å²) in [6, 6.07) is 22.3. The molecule has 1 aromatic heterocycles. The molecule has 3 aromatic carbocycles. The number of aryl methyl sites for hydroxylation is 1. The third-order valence-electron chi connectivity index (χ3n) is 4.76. The highest BCUT2D eigenvalue weighted by Gasteiger charge is 2.11. The molecule has 3 nitrogen and oxygen atoms in total. The molecule has 0 saturated heterocycles. The van der Waals surface area contributed by atoms with Gasteiger partial charge in [0.1, 0.15) is 0 Å². The van der Waals surface area contributed by atoms with Crippen molar-refractivity contribution in [3.8, 4) is 0 Å². The average Bonchev–Trinajstić information content (AvgIpc) is 3.01. The Balaban J connectivity index is 1.47. The Morgan fingerprint density at radius 2 is 1.82 bits per heavy atom. The fraction of sp³-hybridized carbons (Fsp3) is 0.174. The first-order valence-corrected chi connectivity index (χ1v) is 10.8. The molecular weight excluding hydrogens is 388 g/mol. The predicted molar refractivity (Wildman–Crippen MR) is 121 cm³/mol. The van der Waals surface area contributed by atoms with Gasteiger partial charge in [0.15, 0.2) is 0 Å². The van der Waals surface area contributed by atoms with Crippen LogP contribution in [0.3, 0.4) is 0 Å². The molecule has 0 atom stereocenters. The van der Waals surface area contributed by atoms with E-state index in [1.807, 2.05) is 30.3 Å². The number of para-hydroxylation sites is 1. The Kier molecular flexibility index (Phi) is 5.60. The van der Waals surface area contributed by atoms with E-state index in [4.69, 9.17) is 11.6 Å². The number of fused-ring (bicyclic) bond motifs is 3. The number of halogens is 1. The minimum Gasteiger partial charge on any atom is -0.341 e. The van der Waals surface area contributed by atoms with Crippen molar-refractivity contribution in [2.75, 3.05) is 11.1 Å². The molecule has 0 unspecified atom stereocenters. The Hall–Kier alpha value is -2.43. The van der Waals surface area contributed by atoms with Gasteiger partial charge in [-0.3, -0.25) is 4.79 Å². The average molecular weight is 409 g/mol. The molecule has 4 aromatic rings. The van der Waals surface area contributed by atoms with E-state index in [9.17, 15) is 4.79 Å². The fourth-order valence-corrected chi connectivity index (χ4v) is 4.55. The zero-order valence-electron chi connectivity index (χ0n) is 15.6. The van der Waals surface area contributed by atoms with Gasteiger partial charge in [-0.2, -0.15) is 0 Å². The molecule has 1 N–H and O–H groups in total. The van der Waals surface area contributed by atoms with Gasteiger partial charge >= 0.3 is 0 Å². The standard InChI is InChI=1S/C23H21ClN2OS/c1-2-26-21-9-4-3-8-19(21)20-13-18(10-11-22(20)26)25-23(27)15-28-14-16-6-5-7-17(24)12-16/h3-13H,2,14-15H2,1H3,(H,25,27). The van der Waals surface area contributed by atoms with Gasteiger partial charge in [-0.25, -0.2) is 0 Å². The molecule has 0 saturated carbocycles. The summed E-state index contributed by atoms with van der Waals surface area (Å²) in [7, 11) is 0. The number of rotatable bonds is 6. The third-order valence-corrected chi connectivity index (χ3v) is 6.00. The highest BCUT2D eigenvalue weighted by atomic mass is 35.5. The molecule has 4 rings (SSSR count). The summed E-state index contributed by atoms with van der Waals surface area (Å²) in [5.74, 6) is 1.17. The maximum Gasteiger partial charge on any atom is 0.234 e. The van der Waals surface area contributed by atoms with Gasteiger partial charge in [0.2, 0.25) is 5.91 Å². The van der Waals surface area contributed by atoms with Crippen LogP contribution in [0.1, 0.15) is 12.5 Å². The van der Waals surface area contributed by atoms with Crippen LogP contribution in [0, 0.1) is 0 Å². The number of nitrogens with zero attached hydrogens (tertiary/aromatic N) is 1. The lowest BCUT2D eigenvalue weighted by molar-refractivity contribution is -0.113. The normalized spacial score (nSPS) is 11.2. The lowest BCUT2D eigenvalue weighted by Gasteiger charge is -2.07. The second kappa shape index (κ2) is 8.29. The number of nitrogens with one attached hydrogen (secondary N) is 1. The van der Waals surface area contributed by atoms with Gasteiger partial charge in [0.05, 0.1) is 5.75 Å².